The zero-order valence-electron chi connectivity index (χ0n) is 22.4. The predicted molar refractivity (Wildman–Crippen MR) is 158 cm³/mol. The molecule has 0 bridgehead atoms. The minimum atomic E-state index is -0.511. The van der Waals surface area contributed by atoms with Gasteiger partial charge in [0.25, 0.3) is 5.89 Å². The highest BCUT2D eigenvalue weighted by atomic mass is 16.3. The van der Waals surface area contributed by atoms with Crippen molar-refractivity contribution in [3.05, 3.63) is 102 Å². The van der Waals surface area contributed by atoms with E-state index in [0.717, 1.165) is 37.3 Å². The SMILES string of the molecule is CN1CCN(c2ccc(N=Cc3c(O)[nH]c4cc(C(=O)c5cccc(NC(=O)c6ncco6)c5)ccc34)cc2)CC1. The van der Waals surface area contributed by atoms with E-state index in [-0.39, 0.29) is 17.6 Å². The fourth-order valence-electron chi connectivity index (χ4n) is 4.86. The molecular formula is C31H28N6O4. The lowest BCUT2D eigenvalue weighted by molar-refractivity contribution is 0.0988. The molecule has 0 atom stereocenters. The first kappa shape index (κ1) is 26.0. The Morgan fingerprint density at radius 1 is 1.02 bits per heavy atom. The number of hydrogen-bond donors (Lipinski definition) is 3. The van der Waals surface area contributed by atoms with Crippen LogP contribution in [0.15, 0.2) is 88.6 Å². The quantitative estimate of drug-likeness (QED) is 0.196. The number of fused-ring (bicyclic) bond motifs is 1. The Bertz CT molecular complexity index is 1730. The van der Waals surface area contributed by atoms with Gasteiger partial charge in [-0.3, -0.25) is 14.6 Å². The van der Waals surface area contributed by atoms with E-state index in [9.17, 15) is 14.7 Å². The minimum Gasteiger partial charge on any atom is -0.494 e. The number of benzene rings is 3. The topological polar surface area (TPSA) is 127 Å². The van der Waals surface area contributed by atoms with Gasteiger partial charge in [-0.05, 0) is 49.5 Å². The van der Waals surface area contributed by atoms with E-state index in [1.165, 1.54) is 18.1 Å². The van der Waals surface area contributed by atoms with Crippen LogP contribution in [0.3, 0.4) is 0 Å². The van der Waals surface area contributed by atoms with Crippen molar-refractivity contribution in [2.45, 2.75) is 0 Å². The highest BCUT2D eigenvalue weighted by molar-refractivity contribution is 6.12. The number of likely N-dealkylation sites (N-methyl/N-ethyl adjacent to an activating group) is 1. The zero-order chi connectivity index (χ0) is 28.3. The van der Waals surface area contributed by atoms with Crippen LogP contribution in [0.25, 0.3) is 10.9 Å². The van der Waals surface area contributed by atoms with Gasteiger partial charge in [-0.25, -0.2) is 4.98 Å². The maximum atomic E-state index is 13.3. The van der Waals surface area contributed by atoms with Crippen molar-refractivity contribution in [2.75, 3.05) is 43.4 Å². The molecule has 3 heterocycles. The molecule has 206 valence electrons. The number of aromatic amines is 1. The summed E-state index contributed by atoms with van der Waals surface area (Å²) < 4.78 is 5.01. The Labute approximate surface area is 236 Å². The largest absolute Gasteiger partial charge is 0.494 e. The Morgan fingerprint density at radius 3 is 2.56 bits per heavy atom. The molecule has 41 heavy (non-hydrogen) atoms. The van der Waals surface area contributed by atoms with Crippen LogP contribution in [0.1, 0.15) is 32.2 Å². The Balaban J connectivity index is 1.17. The lowest BCUT2D eigenvalue weighted by Crippen LogP contribution is -2.44. The van der Waals surface area contributed by atoms with E-state index in [4.69, 9.17) is 4.42 Å². The molecule has 6 rings (SSSR count). The van der Waals surface area contributed by atoms with Crippen molar-refractivity contribution in [2.24, 2.45) is 4.99 Å². The molecule has 1 aliphatic heterocycles. The first-order valence-corrected chi connectivity index (χ1v) is 13.2. The summed E-state index contributed by atoms with van der Waals surface area (Å²) in [5, 5.41) is 14.0. The van der Waals surface area contributed by atoms with Crippen molar-refractivity contribution >= 4 is 45.9 Å². The molecule has 0 aliphatic carbocycles. The summed E-state index contributed by atoms with van der Waals surface area (Å²) in [5.74, 6) is -0.841. The first-order valence-electron chi connectivity index (χ1n) is 13.2. The van der Waals surface area contributed by atoms with Gasteiger partial charge in [0.1, 0.15) is 6.26 Å². The van der Waals surface area contributed by atoms with Crippen LogP contribution in [0.5, 0.6) is 5.88 Å². The number of rotatable bonds is 7. The number of piperazine rings is 1. The third kappa shape index (κ3) is 5.59. The monoisotopic (exact) mass is 548 g/mol. The number of aromatic hydroxyl groups is 1. The molecule has 0 saturated carbocycles. The van der Waals surface area contributed by atoms with Gasteiger partial charge >= 0.3 is 5.91 Å². The number of nitrogens with zero attached hydrogens (tertiary/aromatic N) is 4. The molecule has 3 N–H and O–H groups in total. The number of aliphatic imine (C=N–C) groups is 1. The van der Waals surface area contributed by atoms with Gasteiger partial charge in [0.15, 0.2) is 11.7 Å². The number of carbonyl (C=O) groups is 2. The van der Waals surface area contributed by atoms with Gasteiger partial charge < -0.3 is 29.6 Å². The number of H-pyrrole nitrogens is 1. The number of aromatic nitrogens is 2. The second kappa shape index (κ2) is 11.1. The van der Waals surface area contributed by atoms with Crippen LogP contribution in [-0.4, -0.2) is 71.1 Å². The first-order chi connectivity index (χ1) is 19.9. The molecule has 10 nitrogen and oxygen atoms in total. The molecule has 0 spiro atoms. The molecule has 1 aliphatic rings. The van der Waals surface area contributed by atoms with Crippen LogP contribution in [0.2, 0.25) is 0 Å². The summed E-state index contributed by atoms with van der Waals surface area (Å²) in [6.07, 6.45) is 4.32. The van der Waals surface area contributed by atoms with Crippen molar-refractivity contribution in [3.8, 4) is 5.88 Å². The number of nitrogens with one attached hydrogen (secondary N) is 2. The Kier molecular flexibility index (Phi) is 7.05. The van der Waals surface area contributed by atoms with Crippen molar-refractivity contribution in [1.82, 2.24) is 14.9 Å². The molecule has 2 aromatic heterocycles. The summed E-state index contributed by atoms with van der Waals surface area (Å²) in [6.45, 7) is 4.08. The van der Waals surface area contributed by atoms with Gasteiger partial charge in [-0.2, -0.15) is 0 Å². The maximum absolute atomic E-state index is 13.3. The number of oxazole rings is 1. The standard InChI is InChI=1S/C31H28N6O4/c1-36-12-14-37(15-13-36)24-8-6-22(7-9-24)33-19-26-25-10-5-21(18-27(25)35-29(26)39)28(38)20-3-2-4-23(17-20)34-30(40)31-32-11-16-41-31/h2-11,16-19,35,39H,12-15H2,1H3,(H,34,40). The second-order valence-corrected chi connectivity index (χ2v) is 9.91. The van der Waals surface area contributed by atoms with Crippen LogP contribution in [-0.2, 0) is 0 Å². The van der Waals surface area contributed by atoms with Gasteiger partial charge in [0, 0.05) is 65.8 Å². The van der Waals surface area contributed by atoms with Crippen LogP contribution < -0.4 is 10.2 Å². The Morgan fingerprint density at radius 2 is 1.80 bits per heavy atom. The lowest BCUT2D eigenvalue weighted by atomic mass is 10.0. The third-order valence-electron chi connectivity index (χ3n) is 7.15. The highest BCUT2D eigenvalue weighted by Crippen LogP contribution is 2.29. The van der Waals surface area contributed by atoms with Crippen LogP contribution in [0, 0.1) is 0 Å². The molecule has 10 heteroatoms. The lowest BCUT2D eigenvalue weighted by Gasteiger charge is -2.34. The predicted octanol–water partition coefficient (Wildman–Crippen LogP) is 4.85. The number of ketones is 1. The maximum Gasteiger partial charge on any atom is 0.311 e. The van der Waals surface area contributed by atoms with Crippen molar-refractivity contribution < 1.29 is 19.1 Å². The zero-order valence-corrected chi connectivity index (χ0v) is 22.4. The summed E-state index contributed by atoms with van der Waals surface area (Å²) in [6, 6.07) is 19.9. The van der Waals surface area contributed by atoms with Gasteiger partial charge in [0.2, 0.25) is 0 Å². The molecule has 3 aromatic carbocycles. The third-order valence-corrected chi connectivity index (χ3v) is 7.15. The average molecular weight is 549 g/mol. The van der Waals surface area contributed by atoms with Gasteiger partial charge in [-0.15, -0.1) is 0 Å². The average Bonchev–Trinajstić information content (AvgIpc) is 3.64. The number of amides is 1. The highest BCUT2D eigenvalue weighted by Gasteiger charge is 2.17. The number of carbonyl (C=O) groups excluding carboxylic acids is 2. The smallest absolute Gasteiger partial charge is 0.311 e. The fourth-order valence-corrected chi connectivity index (χ4v) is 4.86. The molecule has 1 saturated heterocycles. The Hall–Kier alpha value is -5.22. The van der Waals surface area contributed by atoms with E-state index in [0.29, 0.717) is 27.9 Å². The van der Waals surface area contributed by atoms with Crippen LogP contribution in [0.4, 0.5) is 17.1 Å². The summed E-state index contributed by atoms with van der Waals surface area (Å²) in [5.41, 5.74) is 4.36. The minimum absolute atomic E-state index is 0.0290. The van der Waals surface area contributed by atoms with E-state index >= 15 is 0 Å². The summed E-state index contributed by atoms with van der Waals surface area (Å²) in [4.78, 5) is 41.5. The van der Waals surface area contributed by atoms with Crippen molar-refractivity contribution in [3.63, 3.8) is 0 Å². The van der Waals surface area contributed by atoms with E-state index in [1.807, 2.05) is 12.1 Å². The summed E-state index contributed by atoms with van der Waals surface area (Å²) >= 11 is 0. The van der Waals surface area contributed by atoms with E-state index in [1.54, 1.807) is 48.7 Å². The van der Waals surface area contributed by atoms with Gasteiger partial charge in [-0.1, -0.05) is 24.3 Å². The molecule has 0 radical (unpaired) electrons. The fraction of sp³-hybridized carbons (Fsp3) is 0.161. The number of hydrogen-bond acceptors (Lipinski definition) is 8. The van der Waals surface area contributed by atoms with Crippen molar-refractivity contribution in [1.29, 1.82) is 0 Å². The summed E-state index contributed by atoms with van der Waals surface area (Å²) in [7, 11) is 2.14. The van der Waals surface area contributed by atoms with Gasteiger partial charge in [0.05, 0.1) is 17.4 Å². The van der Waals surface area contributed by atoms with E-state index < -0.39 is 5.91 Å². The molecular weight excluding hydrogens is 520 g/mol. The molecule has 0 unspecified atom stereocenters. The number of anilines is 2. The van der Waals surface area contributed by atoms with E-state index in [2.05, 4.69) is 49.3 Å². The normalized spacial score (nSPS) is 14.1. The van der Waals surface area contributed by atoms with Crippen LogP contribution >= 0.6 is 0 Å². The molecule has 1 fully saturated rings. The molecule has 1 amide bonds. The second-order valence-electron chi connectivity index (χ2n) is 9.91. The molecule has 5 aromatic rings.